The summed E-state index contributed by atoms with van der Waals surface area (Å²) in [6, 6.07) is 12.3. The van der Waals surface area contributed by atoms with Gasteiger partial charge in [-0.25, -0.2) is 4.79 Å². The fourth-order valence-corrected chi connectivity index (χ4v) is 3.00. The molecule has 0 radical (unpaired) electrons. The van der Waals surface area contributed by atoms with Gasteiger partial charge in [0.05, 0.1) is 10.5 Å². The van der Waals surface area contributed by atoms with E-state index in [4.69, 9.17) is 0 Å². The third-order valence-electron chi connectivity index (χ3n) is 4.24. The fraction of sp³-hybridized carbons (Fsp3) is 0.167. The van der Waals surface area contributed by atoms with Gasteiger partial charge in [0.25, 0.3) is 17.5 Å². The molecule has 9 nitrogen and oxygen atoms in total. The number of hydrogen-bond donors (Lipinski definition) is 1. The van der Waals surface area contributed by atoms with Crippen molar-refractivity contribution in [3.8, 4) is 0 Å². The number of rotatable bonds is 6. The summed E-state index contributed by atoms with van der Waals surface area (Å²) in [6.45, 7) is 0.0228. The summed E-state index contributed by atoms with van der Waals surface area (Å²) < 4.78 is 0. The van der Waals surface area contributed by atoms with E-state index in [1.165, 1.54) is 18.2 Å². The van der Waals surface area contributed by atoms with Crippen molar-refractivity contribution in [2.45, 2.75) is 6.42 Å². The zero-order valence-corrected chi connectivity index (χ0v) is 14.1. The number of hydrogen-bond acceptors (Lipinski definition) is 5. The fourth-order valence-electron chi connectivity index (χ4n) is 3.00. The number of fused-ring (bicyclic) bond motifs is 1. The highest BCUT2D eigenvalue weighted by molar-refractivity contribution is 6.23. The molecule has 1 heterocycles. The number of nitro benzene ring substituents is 1. The van der Waals surface area contributed by atoms with Crippen LogP contribution in [0.3, 0.4) is 0 Å². The second-order valence-corrected chi connectivity index (χ2v) is 5.84. The number of para-hydroxylation sites is 1. The van der Waals surface area contributed by atoms with Gasteiger partial charge in [0.1, 0.15) is 5.56 Å². The van der Waals surface area contributed by atoms with E-state index in [9.17, 15) is 29.6 Å². The molecule has 1 aliphatic rings. The molecule has 0 bridgehead atoms. The van der Waals surface area contributed by atoms with Gasteiger partial charge in [-0.15, -0.1) is 0 Å². The maximum atomic E-state index is 12.5. The zero-order chi connectivity index (χ0) is 19.6. The molecule has 0 unspecified atom stereocenters. The summed E-state index contributed by atoms with van der Waals surface area (Å²) in [6.07, 6.45) is -0.959. The van der Waals surface area contributed by atoms with Gasteiger partial charge in [-0.3, -0.25) is 29.5 Å². The minimum absolute atomic E-state index is 0.00708. The maximum Gasteiger partial charge on any atom is 0.411 e. The Morgan fingerprint density at radius 3 is 2.41 bits per heavy atom. The first-order valence-electron chi connectivity index (χ1n) is 8.11. The molecule has 0 aromatic heterocycles. The Hall–Kier alpha value is -3.75. The van der Waals surface area contributed by atoms with Gasteiger partial charge in [-0.05, 0) is 24.6 Å². The van der Waals surface area contributed by atoms with Crippen LogP contribution in [-0.4, -0.2) is 45.9 Å². The van der Waals surface area contributed by atoms with Gasteiger partial charge in [0.2, 0.25) is 0 Å². The molecule has 0 fully saturated rings. The van der Waals surface area contributed by atoms with E-state index in [-0.39, 0.29) is 30.6 Å². The van der Waals surface area contributed by atoms with Crippen LogP contribution in [-0.2, 0) is 0 Å². The van der Waals surface area contributed by atoms with Gasteiger partial charge < -0.3 is 5.11 Å². The lowest BCUT2D eigenvalue weighted by Gasteiger charge is -2.21. The van der Waals surface area contributed by atoms with E-state index in [1.807, 2.05) is 0 Å². The summed E-state index contributed by atoms with van der Waals surface area (Å²) in [4.78, 5) is 48.8. The SMILES string of the molecule is O=C1c2cccc([N+](=O)[O-])c2C(=O)N1CCCN(C(=O)O)c1ccccc1. The summed E-state index contributed by atoms with van der Waals surface area (Å²) in [7, 11) is 0. The molecule has 3 rings (SSSR count). The third kappa shape index (κ3) is 3.34. The molecule has 0 spiro atoms. The number of imide groups is 1. The third-order valence-corrected chi connectivity index (χ3v) is 4.24. The summed E-state index contributed by atoms with van der Waals surface area (Å²) in [5.41, 5.74) is -0.161. The largest absolute Gasteiger partial charge is 0.465 e. The van der Waals surface area contributed by atoms with Gasteiger partial charge in [-0.2, -0.15) is 0 Å². The monoisotopic (exact) mass is 369 g/mol. The summed E-state index contributed by atoms with van der Waals surface area (Å²) in [5, 5.41) is 20.5. The van der Waals surface area contributed by atoms with Crippen LogP contribution in [0.4, 0.5) is 16.2 Å². The van der Waals surface area contributed by atoms with Crippen molar-refractivity contribution >= 4 is 29.3 Å². The van der Waals surface area contributed by atoms with Crippen molar-refractivity contribution in [2.75, 3.05) is 18.0 Å². The molecule has 0 saturated heterocycles. The van der Waals surface area contributed by atoms with Crippen molar-refractivity contribution in [3.05, 3.63) is 69.8 Å². The number of nitro groups is 1. The minimum atomic E-state index is -1.15. The average Bonchev–Trinajstić information content (AvgIpc) is 2.90. The Morgan fingerprint density at radius 1 is 1.07 bits per heavy atom. The lowest BCUT2D eigenvalue weighted by atomic mass is 10.1. The first kappa shape index (κ1) is 18.1. The van der Waals surface area contributed by atoms with E-state index >= 15 is 0 Å². The van der Waals surface area contributed by atoms with Crippen LogP contribution >= 0.6 is 0 Å². The summed E-state index contributed by atoms with van der Waals surface area (Å²) in [5.74, 6) is -1.34. The quantitative estimate of drug-likeness (QED) is 0.475. The molecule has 9 heteroatoms. The maximum absolute atomic E-state index is 12.5. The smallest absolute Gasteiger partial charge is 0.411 e. The Labute approximate surface area is 153 Å². The van der Waals surface area contributed by atoms with Gasteiger partial charge in [0, 0.05) is 24.8 Å². The van der Waals surface area contributed by atoms with Crippen molar-refractivity contribution in [2.24, 2.45) is 0 Å². The summed E-state index contributed by atoms with van der Waals surface area (Å²) >= 11 is 0. The zero-order valence-electron chi connectivity index (χ0n) is 14.1. The Bertz CT molecular complexity index is 928. The number of benzene rings is 2. The van der Waals surface area contributed by atoms with Gasteiger partial charge >= 0.3 is 6.09 Å². The molecular weight excluding hydrogens is 354 g/mol. The second-order valence-electron chi connectivity index (χ2n) is 5.84. The second kappa shape index (κ2) is 7.24. The number of amides is 3. The van der Waals surface area contributed by atoms with Crippen LogP contribution in [0.5, 0.6) is 0 Å². The molecule has 2 aromatic carbocycles. The van der Waals surface area contributed by atoms with Crippen molar-refractivity contribution in [3.63, 3.8) is 0 Å². The van der Waals surface area contributed by atoms with Gasteiger partial charge in [-0.1, -0.05) is 24.3 Å². The molecule has 27 heavy (non-hydrogen) atoms. The van der Waals surface area contributed by atoms with Crippen LogP contribution < -0.4 is 4.90 Å². The standard InChI is InChI=1S/C18H15N3O6/c22-16-13-8-4-9-14(21(26)27)15(13)17(23)20(16)11-5-10-19(18(24)25)12-6-2-1-3-7-12/h1-4,6-9H,5,10-11H2,(H,24,25). The minimum Gasteiger partial charge on any atom is -0.465 e. The molecule has 2 aromatic rings. The Morgan fingerprint density at radius 2 is 1.78 bits per heavy atom. The predicted molar refractivity (Wildman–Crippen MR) is 94.9 cm³/mol. The molecule has 3 amide bonds. The van der Waals surface area contributed by atoms with Gasteiger partial charge in [0.15, 0.2) is 0 Å². The first-order valence-corrected chi connectivity index (χ1v) is 8.11. The van der Waals surface area contributed by atoms with E-state index < -0.39 is 28.5 Å². The van der Waals surface area contributed by atoms with E-state index in [0.29, 0.717) is 5.69 Å². The Kier molecular flexibility index (Phi) is 4.84. The average molecular weight is 369 g/mol. The van der Waals surface area contributed by atoms with Crippen molar-refractivity contribution in [1.82, 2.24) is 4.90 Å². The lowest BCUT2D eigenvalue weighted by molar-refractivity contribution is -0.385. The lowest BCUT2D eigenvalue weighted by Crippen LogP contribution is -2.35. The van der Waals surface area contributed by atoms with Crippen LogP contribution in [0.1, 0.15) is 27.1 Å². The number of nitrogens with zero attached hydrogens (tertiary/aromatic N) is 3. The normalized spacial score (nSPS) is 12.8. The first-order chi connectivity index (χ1) is 12.9. The molecule has 138 valence electrons. The van der Waals surface area contributed by atoms with E-state index in [1.54, 1.807) is 30.3 Å². The van der Waals surface area contributed by atoms with E-state index in [2.05, 4.69) is 0 Å². The predicted octanol–water partition coefficient (Wildman–Crippen LogP) is 2.77. The van der Waals surface area contributed by atoms with Crippen LogP contribution in [0, 0.1) is 10.1 Å². The van der Waals surface area contributed by atoms with Crippen molar-refractivity contribution < 1.29 is 24.4 Å². The van der Waals surface area contributed by atoms with Crippen LogP contribution in [0.2, 0.25) is 0 Å². The highest BCUT2D eigenvalue weighted by Gasteiger charge is 2.40. The highest BCUT2D eigenvalue weighted by atomic mass is 16.6. The van der Waals surface area contributed by atoms with Crippen LogP contribution in [0.25, 0.3) is 0 Å². The molecule has 1 N–H and O–H groups in total. The molecule has 0 aliphatic carbocycles. The number of carbonyl (C=O) groups excluding carboxylic acids is 2. The number of anilines is 1. The van der Waals surface area contributed by atoms with Crippen LogP contribution in [0.15, 0.2) is 48.5 Å². The van der Waals surface area contributed by atoms with Crippen molar-refractivity contribution in [1.29, 1.82) is 0 Å². The molecule has 1 aliphatic heterocycles. The number of carboxylic acid groups (broad SMARTS) is 1. The molecule has 0 atom stereocenters. The topological polar surface area (TPSA) is 121 Å². The Balaban J connectivity index is 1.73. The molecular formula is C18H15N3O6. The molecule has 0 saturated carbocycles. The van der Waals surface area contributed by atoms with E-state index in [0.717, 1.165) is 9.80 Å². The number of carbonyl (C=O) groups is 3. The highest BCUT2D eigenvalue weighted by Crippen LogP contribution is 2.30.